The number of piperazine rings is 1. The first kappa shape index (κ1) is 18.3. The summed E-state index contributed by atoms with van der Waals surface area (Å²) in [5, 5.41) is 0. The highest BCUT2D eigenvalue weighted by molar-refractivity contribution is 5.79. The van der Waals surface area contributed by atoms with Crippen molar-refractivity contribution < 1.29 is 13.9 Å². The monoisotopic (exact) mass is 381 g/mol. The van der Waals surface area contributed by atoms with Gasteiger partial charge >= 0.3 is 5.76 Å². The van der Waals surface area contributed by atoms with Gasteiger partial charge in [-0.25, -0.2) is 4.79 Å². The molecular formula is C21H23N3O4. The van der Waals surface area contributed by atoms with Gasteiger partial charge in [0.05, 0.1) is 5.52 Å². The number of nitrogens with zero attached hydrogens (tertiary/aromatic N) is 3. The van der Waals surface area contributed by atoms with Gasteiger partial charge in [0, 0.05) is 32.7 Å². The maximum atomic E-state index is 12.6. The summed E-state index contributed by atoms with van der Waals surface area (Å²) in [6.07, 6.45) is 0. The summed E-state index contributed by atoms with van der Waals surface area (Å²) in [6, 6.07) is 16.9. The van der Waals surface area contributed by atoms with E-state index in [0.717, 1.165) is 25.4 Å². The molecule has 146 valence electrons. The lowest BCUT2D eigenvalue weighted by Gasteiger charge is -2.34. The minimum atomic E-state index is -0.494. The van der Waals surface area contributed by atoms with Crippen LogP contribution in [0.4, 0.5) is 0 Å². The van der Waals surface area contributed by atoms with Crippen LogP contribution >= 0.6 is 0 Å². The van der Waals surface area contributed by atoms with Crippen molar-refractivity contribution in [2.24, 2.45) is 0 Å². The molecule has 1 aromatic heterocycles. The molecule has 3 aromatic rings. The molecule has 1 fully saturated rings. The second-order valence-electron chi connectivity index (χ2n) is 6.81. The van der Waals surface area contributed by atoms with E-state index in [-0.39, 0.29) is 12.5 Å². The van der Waals surface area contributed by atoms with Gasteiger partial charge in [0.1, 0.15) is 18.9 Å². The number of rotatable bonds is 6. The average Bonchev–Trinajstić information content (AvgIpc) is 3.04. The van der Waals surface area contributed by atoms with Crippen molar-refractivity contribution in [2.45, 2.75) is 6.54 Å². The number of aromatic nitrogens is 1. The molecule has 4 rings (SSSR count). The van der Waals surface area contributed by atoms with Gasteiger partial charge in [0.2, 0.25) is 5.91 Å². The zero-order chi connectivity index (χ0) is 19.3. The molecule has 1 aliphatic heterocycles. The number of amides is 1. The Hall–Kier alpha value is -3.06. The van der Waals surface area contributed by atoms with Gasteiger partial charge in [-0.2, -0.15) is 0 Å². The topological polar surface area (TPSA) is 67.9 Å². The normalized spacial score (nSPS) is 15.1. The summed E-state index contributed by atoms with van der Waals surface area (Å²) in [7, 11) is 0. The zero-order valence-electron chi connectivity index (χ0n) is 15.6. The number of fused-ring (bicyclic) bond motifs is 1. The maximum absolute atomic E-state index is 12.6. The van der Waals surface area contributed by atoms with Crippen molar-refractivity contribution in [3.05, 3.63) is 65.1 Å². The largest absolute Gasteiger partial charge is 0.492 e. The fraction of sp³-hybridized carbons (Fsp3) is 0.333. The van der Waals surface area contributed by atoms with Crippen LogP contribution in [0.15, 0.2) is 63.8 Å². The van der Waals surface area contributed by atoms with E-state index in [1.807, 2.05) is 41.3 Å². The fourth-order valence-electron chi connectivity index (χ4n) is 3.43. The molecule has 0 bridgehead atoms. The number of hydrogen-bond acceptors (Lipinski definition) is 5. The van der Waals surface area contributed by atoms with Gasteiger partial charge in [-0.1, -0.05) is 30.3 Å². The molecule has 7 nitrogen and oxygen atoms in total. The predicted octanol–water partition coefficient (Wildman–Crippen LogP) is 1.82. The molecule has 2 heterocycles. The molecule has 0 unspecified atom stereocenters. The second kappa shape index (κ2) is 8.31. The van der Waals surface area contributed by atoms with Crippen molar-refractivity contribution in [1.29, 1.82) is 0 Å². The molecule has 7 heteroatoms. The highest BCUT2D eigenvalue weighted by atomic mass is 16.5. The Balaban J connectivity index is 1.27. The highest BCUT2D eigenvalue weighted by Crippen LogP contribution is 2.13. The minimum Gasteiger partial charge on any atom is -0.492 e. The molecule has 2 aromatic carbocycles. The van der Waals surface area contributed by atoms with Gasteiger partial charge < -0.3 is 14.1 Å². The number of ether oxygens (including phenoxy) is 1. The third-order valence-electron chi connectivity index (χ3n) is 5.01. The Morgan fingerprint density at radius 2 is 1.68 bits per heavy atom. The van der Waals surface area contributed by atoms with Crippen LogP contribution in [0.2, 0.25) is 0 Å². The SMILES string of the molecule is O=C(Cn1c(=O)oc2ccccc21)N1CCN(CCOc2ccccc2)CC1. The molecule has 28 heavy (non-hydrogen) atoms. The Morgan fingerprint density at radius 1 is 0.964 bits per heavy atom. The third-order valence-corrected chi connectivity index (χ3v) is 5.01. The van der Waals surface area contributed by atoms with Gasteiger partial charge in [-0.05, 0) is 24.3 Å². The number of para-hydroxylation sites is 3. The summed E-state index contributed by atoms with van der Waals surface area (Å²) < 4.78 is 12.3. The third kappa shape index (κ3) is 4.09. The molecule has 0 spiro atoms. The second-order valence-corrected chi connectivity index (χ2v) is 6.81. The molecule has 0 aliphatic carbocycles. The van der Waals surface area contributed by atoms with Crippen LogP contribution in [-0.2, 0) is 11.3 Å². The Morgan fingerprint density at radius 3 is 2.46 bits per heavy atom. The van der Waals surface area contributed by atoms with E-state index in [0.29, 0.717) is 30.8 Å². The smallest absolute Gasteiger partial charge is 0.420 e. The van der Waals surface area contributed by atoms with E-state index < -0.39 is 5.76 Å². The molecule has 1 amide bonds. The summed E-state index contributed by atoms with van der Waals surface area (Å²) in [4.78, 5) is 28.8. The molecule has 0 atom stereocenters. The van der Waals surface area contributed by atoms with Gasteiger partial charge in [-0.3, -0.25) is 14.3 Å². The first-order valence-corrected chi connectivity index (χ1v) is 9.47. The van der Waals surface area contributed by atoms with Crippen LogP contribution in [0.5, 0.6) is 5.75 Å². The number of benzene rings is 2. The molecule has 0 N–H and O–H groups in total. The van der Waals surface area contributed by atoms with E-state index in [9.17, 15) is 9.59 Å². The molecule has 0 radical (unpaired) electrons. The minimum absolute atomic E-state index is 0.00691. The number of oxazole rings is 1. The van der Waals surface area contributed by atoms with Crippen molar-refractivity contribution in [1.82, 2.24) is 14.4 Å². The number of carbonyl (C=O) groups is 1. The lowest BCUT2D eigenvalue weighted by atomic mass is 10.3. The summed E-state index contributed by atoms with van der Waals surface area (Å²) in [5.41, 5.74) is 1.15. The van der Waals surface area contributed by atoms with Crippen LogP contribution in [0, 0.1) is 0 Å². The average molecular weight is 381 g/mol. The highest BCUT2D eigenvalue weighted by Gasteiger charge is 2.22. The summed E-state index contributed by atoms with van der Waals surface area (Å²) in [5.74, 6) is 0.314. The van der Waals surface area contributed by atoms with Gasteiger partial charge in [0.15, 0.2) is 5.58 Å². The number of hydrogen-bond donors (Lipinski definition) is 0. The fourth-order valence-corrected chi connectivity index (χ4v) is 3.43. The van der Waals surface area contributed by atoms with Crippen LogP contribution in [-0.4, -0.2) is 59.6 Å². The van der Waals surface area contributed by atoms with Gasteiger partial charge in [0.25, 0.3) is 0 Å². The Bertz CT molecular complexity index is 988. The molecule has 1 aliphatic rings. The summed E-state index contributed by atoms with van der Waals surface area (Å²) >= 11 is 0. The van der Waals surface area contributed by atoms with Crippen LogP contribution < -0.4 is 10.5 Å². The number of carbonyl (C=O) groups excluding carboxylic acids is 1. The first-order chi connectivity index (χ1) is 13.7. The lowest BCUT2D eigenvalue weighted by Crippen LogP contribution is -2.50. The summed E-state index contributed by atoms with van der Waals surface area (Å²) in [6.45, 7) is 4.34. The molecule has 1 saturated heterocycles. The van der Waals surface area contributed by atoms with E-state index in [4.69, 9.17) is 9.15 Å². The quantitative estimate of drug-likeness (QED) is 0.652. The Labute approximate surface area is 162 Å². The van der Waals surface area contributed by atoms with Crippen LogP contribution in [0.25, 0.3) is 11.1 Å². The van der Waals surface area contributed by atoms with Crippen molar-refractivity contribution in [2.75, 3.05) is 39.3 Å². The van der Waals surface area contributed by atoms with E-state index >= 15 is 0 Å². The maximum Gasteiger partial charge on any atom is 0.420 e. The molecule has 0 saturated carbocycles. The zero-order valence-corrected chi connectivity index (χ0v) is 15.6. The van der Waals surface area contributed by atoms with Gasteiger partial charge in [-0.15, -0.1) is 0 Å². The lowest BCUT2D eigenvalue weighted by molar-refractivity contribution is -0.133. The predicted molar refractivity (Wildman–Crippen MR) is 105 cm³/mol. The van der Waals surface area contributed by atoms with E-state index in [1.54, 1.807) is 18.2 Å². The van der Waals surface area contributed by atoms with Crippen LogP contribution in [0.3, 0.4) is 0 Å². The van der Waals surface area contributed by atoms with E-state index in [2.05, 4.69) is 4.90 Å². The molecular weight excluding hydrogens is 358 g/mol. The van der Waals surface area contributed by atoms with Crippen molar-refractivity contribution >= 4 is 17.0 Å². The van der Waals surface area contributed by atoms with Crippen molar-refractivity contribution in [3.8, 4) is 5.75 Å². The van der Waals surface area contributed by atoms with Crippen LogP contribution in [0.1, 0.15) is 0 Å². The first-order valence-electron chi connectivity index (χ1n) is 9.47. The standard InChI is InChI=1S/C21H23N3O4/c25-20(16-24-18-8-4-5-9-19(18)28-21(24)26)23-12-10-22(11-13-23)14-15-27-17-6-2-1-3-7-17/h1-9H,10-16H2. The van der Waals surface area contributed by atoms with E-state index in [1.165, 1.54) is 4.57 Å². The van der Waals surface area contributed by atoms with Crippen molar-refractivity contribution in [3.63, 3.8) is 0 Å². The Kier molecular flexibility index (Phi) is 5.43.